The van der Waals surface area contributed by atoms with Crippen LogP contribution in [0.5, 0.6) is 5.75 Å². The van der Waals surface area contributed by atoms with Gasteiger partial charge in [-0.25, -0.2) is 4.79 Å². The second-order valence-corrected chi connectivity index (χ2v) is 12.8. The molecule has 0 radical (unpaired) electrons. The number of aromatic amines is 1. The Labute approximate surface area is 307 Å². The number of alkyl halides is 3. The number of ether oxygens (including phenoxy) is 1. The summed E-state index contributed by atoms with van der Waals surface area (Å²) >= 11 is 6.12. The van der Waals surface area contributed by atoms with Crippen LogP contribution in [0.2, 0.25) is 5.02 Å². The fourth-order valence-corrected chi connectivity index (χ4v) is 6.67. The minimum Gasteiger partial charge on any atom is -0.507 e. The van der Waals surface area contributed by atoms with Crippen LogP contribution in [0.4, 0.5) is 24.5 Å². The third kappa shape index (κ3) is 7.06. The molecule has 0 spiro atoms. The number of phenolic OH excluding ortho intramolecular Hbond substituents is 1. The molecule has 2 aliphatic rings. The van der Waals surface area contributed by atoms with E-state index < -0.39 is 41.4 Å². The molecule has 0 unspecified atom stereocenters. The van der Waals surface area contributed by atoms with Crippen molar-refractivity contribution in [3.63, 3.8) is 0 Å². The lowest BCUT2D eigenvalue weighted by Gasteiger charge is -2.37. The zero-order valence-corrected chi connectivity index (χ0v) is 29.2. The topological polar surface area (TPSA) is 193 Å². The van der Waals surface area contributed by atoms with Crippen LogP contribution in [0, 0.1) is 0 Å². The number of nitrogens with zero attached hydrogens (tertiary/aromatic N) is 7. The summed E-state index contributed by atoms with van der Waals surface area (Å²) in [6.45, 7) is 2.92. The van der Waals surface area contributed by atoms with Gasteiger partial charge in [0, 0.05) is 31.7 Å². The van der Waals surface area contributed by atoms with Crippen molar-refractivity contribution in [2.24, 2.45) is 0 Å². The maximum absolute atomic E-state index is 14.2. The molecule has 1 fully saturated rings. The number of carbonyl (C=O) groups is 2. The lowest BCUT2D eigenvalue weighted by atomic mass is 10.1. The Hall–Kier alpha value is -5.95. The first-order chi connectivity index (χ1) is 25.8. The summed E-state index contributed by atoms with van der Waals surface area (Å²) in [6.07, 6.45) is -2.05. The summed E-state index contributed by atoms with van der Waals surface area (Å²) in [7, 11) is 0. The number of piperazine rings is 1. The molecule has 1 saturated heterocycles. The molecule has 0 aliphatic carbocycles. The molecule has 16 nitrogen and oxygen atoms in total. The fraction of sp³-hybridized carbons (Fsp3) is 0.324. The van der Waals surface area contributed by atoms with Gasteiger partial charge >= 0.3 is 11.9 Å². The Morgan fingerprint density at radius 1 is 1.09 bits per heavy atom. The van der Waals surface area contributed by atoms with Crippen molar-refractivity contribution in [1.29, 1.82) is 0 Å². The normalized spacial score (nSPS) is 15.1. The SMILES string of the molecule is CCc1c(N2CCN(C(=O)c3ccc(-c4noc(=O)[nH]4)cc3O)CC2)c(=O)n2nc(C3=CCOCC3)nc2n1CC(=O)Nc1ccc(C(F)(F)F)cc1Cl. The molecular weight excluding hydrogens is 739 g/mol. The molecule has 282 valence electrons. The van der Waals surface area contributed by atoms with Gasteiger partial charge in [-0.15, -0.1) is 5.10 Å². The molecule has 54 heavy (non-hydrogen) atoms. The Kier molecular flexibility index (Phi) is 9.75. The van der Waals surface area contributed by atoms with E-state index in [0.29, 0.717) is 30.9 Å². The van der Waals surface area contributed by atoms with E-state index in [2.05, 4.69) is 30.1 Å². The van der Waals surface area contributed by atoms with E-state index in [-0.39, 0.29) is 77.7 Å². The van der Waals surface area contributed by atoms with Crippen LogP contribution in [0.15, 0.2) is 56.6 Å². The van der Waals surface area contributed by atoms with Gasteiger partial charge < -0.3 is 29.5 Å². The summed E-state index contributed by atoms with van der Waals surface area (Å²) in [5.41, 5.74) is 0.301. The second-order valence-electron chi connectivity index (χ2n) is 12.4. The third-order valence-electron chi connectivity index (χ3n) is 9.11. The van der Waals surface area contributed by atoms with Crippen molar-refractivity contribution >= 4 is 46.1 Å². The van der Waals surface area contributed by atoms with Crippen LogP contribution in [0.25, 0.3) is 22.7 Å². The molecule has 7 rings (SSSR count). The van der Waals surface area contributed by atoms with Gasteiger partial charge in [0.05, 0.1) is 40.7 Å². The zero-order valence-electron chi connectivity index (χ0n) is 28.4. The standard InChI is InChI=1S/C34H31ClF3N9O7/c1-2-24-27(44-9-11-45(12-10-44)30(50)21-5-3-19(15-25(21)48)29-41-33(52)54-43-29)31(51)47-32(40-28(42-47)18-7-13-53-14-8-18)46(24)17-26(49)39-23-6-4-20(16-22(23)35)34(36,37)38/h3-7,15-16,48H,2,8-14,17H2,1H3,(H,39,49)(H,41,43,52). The van der Waals surface area contributed by atoms with Gasteiger partial charge in [-0.1, -0.05) is 35.8 Å². The van der Waals surface area contributed by atoms with Crippen molar-refractivity contribution in [3.8, 4) is 17.1 Å². The van der Waals surface area contributed by atoms with E-state index in [9.17, 15) is 37.5 Å². The van der Waals surface area contributed by atoms with Crippen molar-refractivity contribution in [2.45, 2.75) is 32.5 Å². The van der Waals surface area contributed by atoms with Crippen molar-refractivity contribution in [3.05, 3.63) is 91.0 Å². The number of anilines is 2. The van der Waals surface area contributed by atoms with E-state index >= 15 is 0 Å². The average molecular weight is 770 g/mol. The molecule has 5 heterocycles. The molecule has 2 aromatic carbocycles. The van der Waals surface area contributed by atoms with Crippen LogP contribution in [-0.2, 0) is 28.7 Å². The molecule has 0 saturated carbocycles. The van der Waals surface area contributed by atoms with Crippen LogP contribution in [-0.4, -0.2) is 90.5 Å². The van der Waals surface area contributed by atoms with E-state index in [1.54, 1.807) is 16.4 Å². The molecule has 2 amide bonds. The molecule has 0 bridgehead atoms. The highest BCUT2D eigenvalue weighted by molar-refractivity contribution is 6.33. The van der Waals surface area contributed by atoms with Gasteiger partial charge in [0.2, 0.25) is 11.7 Å². The number of hydrogen-bond donors (Lipinski definition) is 3. The number of fused-ring (bicyclic) bond motifs is 1. The fourth-order valence-electron chi connectivity index (χ4n) is 6.44. The molecule has 0 atom stereocenters. The Bertz CT molecular complexity index is 2430. The van der Waals surface area contributed by atoms with Gasteiger partial charge in [0.25, 0.3) is 11.5 Å². The molecule has 5 aromatic rings. The number of aromatic nitrogens is 6. The van der Waals surface area contributed by atoms with E-state index in [1.807, 2.05) is 6.08 Å². The van der Waals surface area contributed by atoms with E-state index in [4.69, 9.17) is 16.3 Å². The van der Waals surface area contributed by atoms with Gasteiger partial charge in [0.15, 0.2) is 11.6 Å². The summed E-state index contributed by atoms with van der Waals surface area (Å²) in [5.74, 6) is -1.75. The maximum atomic E-state index is 14.2. The summed E-state index contributed by atoms with van der Waals surface area (Å²) in [4.78, 5) is 62.9. The monoisotopic (exact) mass is 769 g/mol. The molecule has 20 heteroatoms. The summed E-state index contributed by atoms with van der Waals surface area (Å²) in [5, 5.41) is 21.1. The first-order valence-corrected chi connectivity index (χ1v) is 17.1. The highest BCUT2D eigenvalue weighted by atomic mass is 35.5. The highest BCUT2D eigenvalue weighted by Gasteiger charge is 2.32. The summed E-state index contributed by atoms with van der Waals surface area (Å²) in [6, 6.07) is 6.80. The Morgan fingerprint density at radius 3 is 2.50 bits per heavy atom. The lowest BCUT2D eigenvalue weighted by Crippen LogP contribution is -2.51. The first kappa shape index (κ1) is 36.4. The lowest BCUT2D eigenvalue weighted by molar-refractivity contribution is -0.137. The number of carbonyl (C=O) groups excluding carboxylic acids is 2. The van der Waals surface area contributed by atoms with Crippen LogP contribution < -0.4 is 21.5 Å². The minimum absolute atomic E-state index is 0.0211. The number of H-pyrrole nitrogens is 1. The maximum Gasteiger partial charge on any atom is 0.439 e. The quantitative estimate of drug-likeness (QED) is 0.209. The van der Waals surface area contributed by atoms with Gasteiger partial charge in [-0.3, -0.25) is 23.9 Å². The number of nitrogens with one attached hydrogen (secondary N) is 2. The van der Waals surface area contributed by atoms with Crippen LogP contribution >= 0.6 is 11.6 Å². The van der Waals surface area contributed by atoms with E-state index in [0.717, 1.165) is 28.3 Å². The van der Waals surface area contributed by atoms with E-state index in [1.165, 1.54) is 23.1 Å². The highest BCUT2D eigenvalue weighted by Crippen LogP contribution is 2.34. The van der Waals surface area contributed by atoms with Crippen LogP contribution in [0.1, 0.15) is 40.8 Å². The van der Waals surface area contributed by atoms with Gasteiger partial charge in [0.1, 0.15) is 18.0 Å². The predicted octanol–water partition coefficient (Wildman–Crippen LogP) is 3.58. The number of benzene rings is 2. The minimum atomic E-state index is -4.62. The van der Waals surface area contributed by atoms with Crippen molar-refractivity contribution in [1.82, 2.24) is 34.2 Å². The first-order valence-electron chi connectivity index (χ1n) is 16.7. The number of amides is 2. The average Bonchev–Trinajstić information content (AvgIpc) is 3.81. The van der Waals surface area contributed by atoms with Crippen LogP contribution in [0.3, 0.4) is 0 Å². The van der Waals surface area contributed by atoms with Crippen molar-refractivity contribution < 1.29 is 37.1 Å². The molecule has 3 aromatic heterocycles. The zero-order chi connectivity index (χ0) is 38.3. The number of aromatic hydroxyl groups is 1. The third-order valence-corrected chi connectivity index (χ3v) is 9.42. The number of rotatable bonds is 8. The second kappa shape index (κ2) is 14.5. The Balaban J connectivity index is 1.18. The number of phenols is 1. The predicted molar refractivity (Wildman–Crippen MR) is 187 cm³/mol. The molecule has 3 N–H and O–H groups in total. The number of halogens is 4. The Morgan fingerprint density at radius 2 is 1.87 bits per heavy atom. The number of hydrogen-bond acceptors (Lipinski definition) is 11. The smallest absolute Gasteiger partial charge is 0.439 e. The molecular formula is C34H31ClF3N9O7. The largest absolute Gasteiger partial charge is 0.507 e. The summed E-state index contributed by atoms with van der Waals surface area (Å²) < 4.78 is 52.2. The molecule has 2 aliphatic heterocycles. The van der Waals surface area contributed by atoms with Gasteiger partial charge in [-0.2, -0.15) is 22.7 Å². The van der Waals surface area contributed by atoms with Gasteiger partial charge in [-0.05, 0) is 48.7 Å². The van der Waals surface area contributed by atoms with Crippen molar-refractivity contribution in [2.75, 3.05) is 49.6 Å².